The Hall–Kier alpha value is -1.96. The van der Waals surface area contributed by atoms with Crippen molar-refractivity contribution in [3.63, 3.8) is 0 Å². The van der Waals surface area contributed by atoms with Gasteiger partial charge in [-0.2, -0.15) is 0 Å². The molecule has 0 radical (unpaired) electrons. The van der Waals surface area contributed by atoms with Crippen LogP contribution in [0.15, 0.2) is 24.3 Å². The minimum Gasteiger partial charge on any atom is -0.507 e. The maximum absolute atomic E-state index is 11.0. The van der Waals surface area contributed by atoms with Crippen LogP contribution in [-0.4, -0.2) is 10.2 Å². The molecule has 0 aliphatic carbocycles. The molecule has 208 valence electrons. The summed E-state index contributed by atoms with van der Waals surface area (Å²) in [5, 5.41) is 21.9. The molecule has 2 rings (SSSR count). The number of aryl methyl sites for hydroxylation is 2. The van der Waals surface area contributed by atoms with Crippen molar-refractivity contribution < 1.29 is 10.2 Å². The lowest BCUT2D eigenvalue weighted by Crippen LogP contribution is -2.18. The molecule has 0 heterocycles. The second-order valence-electron chi connectivity index (χ2n) is 15.3. The highest BCUT2D eigenvalue weighted by Crippen LogP contribution is 2.41. The molecule has 0 spiro atoms. The minimum atomic E-state index is -0.0754. The smallest absolute Gasteiger partial charge is 0.123 e. The van der Waals surface area contributed by atoms with Gasteiger partial charge in [-0.1, -0.05) is 127 Å². The van der Waals surface area contributed by atoms with Gasteiger partial charge < -0.3 is 10.2 Å². The van der Waals surface area contributed by atoms with Gasteiger partial charge >= 0.3 is 0 Å². The van der Waals surface area contributed by atoms with Crippen LogP contribution in [0.4, 0.5) is 0 Å². The van der Waals surface area contributed by atoms with Gasteiger partial charge in [0.2, 0.25) is 0 Å². The Bertz CT molecular complexity index is 891. The van der Waals surface area contributed by atoms with Gasteiger partial charge in [0, 0.05) is 0 Å². The molecule has 2 heteroatoms. The van der Waals surface area contributed by atoms with Gasteiger partial charge in [-0.25, -0.2) is 0 Å². The number of rotatable bonds is 8. The van der Waals surface area contributed by atoms with Crippen molar-refractivity contribution in [1.29, 1.82) is 0 Å². The van der Waals surface area contributed by atoms with Crippen molar-refractivity contribution in [2.45, 2.75) is 150 Å². The number of hydrogen-bond donors (Lipinski definition) is 2. The largest absolute Gasteiger partial charge is 0.507 e. The molecule has 37 heavy (non-hydrogen) atoms. The predicted octanol–water partition coefficient (Wildman–Crippen LogP) is 10.0. The highest BCUT2D eigenvalue weighted by atomic mass is 16.3. The summed E-state index contributed by atoms with van der Waals surface area (Å²) in [6.07, 6.45) is 8.19. The molecule has 0 atom stereocenters. The predicted molar refractivity (Wildman–Crippen MR) is 162 cm³/mol. The summed E-state index contributed by atoms with van der Waals surface area (Å²) in [7, 11) is 0. The van der Waals surface area contributed by atoms with Gasteiger partial charge in [0.15, 0.2) is 0 Å². The number of unbranched alkanes of at least 4 members (excludes halogenated alkanes) is 4. The molecule has 0 unspecified atom stereocenters. The van der Waals surface area contributed by atoms with E-state index in [0.29, 0.717) is 11.5 Å². The molecule has 2 aromatic rings. The maximum atomic E-state index is 11.0. The first-order valence-electron chi connectivity index (χ1n) is 14.5. The first kappa shape index (κ1) is 31.3. The molecule has 0 aromatic heterocycles. The molecule has 2 aromatic carbocycles. The van der Waals surface area contributed by atoms with Crippen LogP contribution in [0.5, 0.6) is 11.5 Å². The van der Waals surface area contributed by atoms with Crippen LogP contribution in [-0.2, 0) is 34.5 Å². The first-order valence-corrected chi connectivity index (χ1v) is 14.5. The Labute approximate surface area is 228 Å². The van der Waals surface area contributed by atoms with Crippen LogP contribution in [0.2, 0.25) is 0 Å². The van der Waals surface area contributed by atoms with Crippen molar-refractivity contribution in [2.75, 3.05) is 0 Å². The van der Waals surface area contributed by atoms with E-state index in [0.717, 1.165) is 35.1 Å². The van der Waals surface area contributed by atoms with E-state index in [2.05, 4.69) is 107 Å². The fourth-order valence-corrected chi connectivity index (χ4v) is 5.15. The molecule has 0 amide bonds. The van der Waals surface area contributed by atoms with Gasteiger partial charge in [-0.3, -0.25) is 0 Å². The molecule has 0 aliphatic heterocycles. The van der Waals surface area contributed by atoms with E-state index in [4.69, 9.17) is 0 Å². The zero-order valence-electron chi connectivity index (χ0n) is 26.2. The van der Waals surface area contributed by atoms with Crippen LogP contribution in [0.3, 0.4) is 0 Å². The van der Waals surface area contributed by atoms with Gasteiger partial charge in [0.1, 0.15) is 11.5 Å². The number of phenols is 2. The first-order chi connectivity index (χ1) is 16.7. The quantitative estimate of drug-likeness (QED) is 0.348. The normalized spacial score (nSPS) is 13.3. The van der Waals surface area contributed by atoms with Crippen molar-refractivity contribution in [1.82, 2.24) is 0 Å². The van der Waals surface area contributed by atoms with Gasteiger partial charge in [-0.15, -0.1) is 0 Å². The summed E-state index contributed by atoms with van der Waals surface area (Å²) >= 11 is 0. The number of aromatic hydroxyl groups is 2. The van der Waals surface area contributed by atoms with Gasteiger partial charge in [0.05, 0.1) is 0 Å². The molecular weight excluding hydrogens is 452 g/mol. The van der Waals surface area contributed by atoms with E-state index in [9.17, 15) is 10.2 Å². The monoisotopic (exact) mass is 508 g/mol. The number of benzene rings is 2. The molecule has 0 saturated heterocycles. The van der Waals surface area contributed by atoms with Crippen molar-refractivity contribution in [3.8, 4) is 11.5 Å². The van der Waals surface area contributed by atoms with Crippen LogP contribution in [0.1, 0.15) is 149 Å². The van der Waals surface area contributed by atoms with E-state index >= 15 is 0 Å². The Morgan fingerprint density at radius 1 is 0.405 bits per heavy atom. The van der Waals surface area contributed by atoms with E-state index < -0.39 is 0 Å². The Morgan fingerprint density at radius 3 is 0.838 bits per heavy atom. The number of hydrogen-bond acceptors (Lipinski definition) is 2. The molecular formula is C35H56O2. The third-order valence-corrected chi connectivity index (χ3v) is 7.50. The fraction of sp³-hybridized carbons (Fsp3) is 0.657. The van der Waals surface area contributed by atoms with E-state index in [1.807, 2.05) is 0 Å². The molecule has 0 bridgehead atoms. The topological polar surface area (TPSA) is 40.5 Å². The molecule has 2 nitrogen and oxygen atoms in total. The van der Waals surface area contributed by atoms with Crippen LogP contribution in [0.25, 0.3) is 0 Å². The maximum Gasteiger partial charge on any atom is 0.123 e. The van der Waals surface area contributed by atoms with E-state index in [1.165, 1.54) is 43.2 Å². The lowest BCUT2D eigenvalue weighted by atomic mass is 9.78. The number of phenolic OH excluding ortho intramolecular Hbond substituents is 2. The second-order valence-corrected chi connectivity index (χ2v) is 15.3. The third-order valence-electron chi connectivity index (χ3n) is 7.50. The molecule has 0 fully saturated rings. The average molecular weight is 509 g/mol. The van der Waals surface area contributed by atoms with Crippen molar-refractivity contribution in [3.05, 3.63) is 57.6 Å². The molecule has 2 N–H and O–H groups in total. The summed E-state index contributed by atoms with van der Waals surface area (Å²) in [4.78, 5) is 0. The van der Waals surface area contributed by atoms with Crippen LogP contribution < -0.4 is 0 Å². The second kappa shape index (κ2) is 11.4. The van der Waals surface area contributed by atoms with Gasteiger partial charge in [0.25, 0.3) is 0 Å². The Balaban J connectivity index is 1.98. The lowest BCUT2D eigenvalue weighted by Gasteiger charge is -2.28. The van der Waals surface area contributed by atoms with Crippen LogP contribution >= 0.6 is 0 Å². The summed E-state index contributed by atoms with van der Waals surface area (Å²) in [5.41, 5.74) is 6.65. The highest BCUT2D eigenvalue weighted by molar-refractivity contribution is 5.51. The van der Waals surface area contributed by atoms with Crippen molar-refractivity contribution >= 4 is 0 Å². The van der Waals surface area contributed by atoms with Crippen molar-refractivity contribution in [2.24, 2.45) is 0 Å². The Morgan fingerprint density at radius 2 is 0.622 bits per heavy atom. The van der Waals surface area contributed by atoms with E-state index in [-0.39, 0.29) is 21.7 Å². The zero-order chi connectivity index (χ0) is 28.4. The highest BCUT2D eigenvalue weighted by Gasteiger charge is 2.27. The summed E-state index contributed by atoms with van der Waals surface area (Å²) in [6.45, 7) is 26.2. The minimum absolute atomic E-state index is 0.0754. The average Bonchev–Trinajstić information content (AvgIpc) is 2.71. The Kier molecular flexibility index (Phi) is 9.65. The third kappa shape index (κ3) is 8.52. The van der Waals surface area contributed by atoms with Gasteiger partial charge in [-0.05, 0) is 80.7 Å². The summed E-state index contributed by atoms with van der Waals surface area (Å²) in [5.74, 6) is 0.949. The fourth-order valence-electron chi connectivity index (χ4n) is 5.15. The SMILES string of the molecule is CC(C)(C)c1cc(CCCCCCCc2cc(C(C)(C)C)c(O)c(C(C)(C)C)c2)cc(C(C)(C)C)c1O. The zero-order valence-corrected chi connectivity index (χ0v) is 26.2. The summed E-state index contributed by atoms with van der Waals surface area (Å²) < 4.78 is 0. The molecule has 0 aliphatic rings. The summed E-state index contributed by atoms with van der Waals surface area (Å²) in [6, 6.07) is 8.92. The van der Waals surface area contributed by atoms with Crippen LogP contribution in [0, 0.1) is 0 Å². The molecule has 0 saturated carbocycles. The lowest BCUT2D eigenvalue weighted by molar-refractivity contribution is 0.421. The standard InChI is InChI=1S/C35H56O2/c1-32(2,3)26-20-24(21-27(30(26)36)33(4,5)6)18-16-14-13-15-17-19-25-22-28(34(7,8)9)31(37)29(23-25)35(10,11)12/h20-23,36-37H,13-19H2,1-12H3. The van der Waals surface area contributed by atoms with E-state index in [1.54, 1.807) is 0 Å².